The van der Waals surface area contributed by atoms with Gasteiger partial charge in [0.1, 0.15) is 5.82 Å². The van der Waals surface area contributed by atoms with Crippen LogP contribution in [0.2, 0.25) is 0 Å². The molecule has 6 heteroatoms. The van der Waals surface area contributed by atoms with E-state index < -0.39 is 5.97 Å². The molecule has 1 unspecified atom stereocenters. The molecule has 2 rings (SSSR count). The number of anilines is 1. The Kier molecular flexibility index (Phi) is 4.09. The number of ether oxygens (including phenoxy) is 1. The van der Waals surface area contributed by atoms with Crippen molar-refractivity contribution in [1.82, 2.24) is 14.9 Å². The number of likely N-dealkylation sites (tertiary alicyclic amines) is 1. The third-order valence-corrected chi connectivity index (χ3v) is 3.11. The summed E-state index contributed by atoms with van der Waals surface area (Å²) in [5.41, 5.74) is 0.226. The molecule has 2 heterocycles. The summed E-state index contributed by atoms with van der Waals surface area (Å²) in [6.45, 7) is 3.15. The zero-order chi connectivity index (χ0) is 13.0. The Bertz CT molecular complexity index is 407. The minimum Gasteiger partial charge on any atom is -0.464 e. The molecule has 0 bridgehead atoms. The van der Waals surface area contributed by atoms with Gasteiger partial charge in [0.15, 0.2) is 5.69 Å². The van der Waals surface area contributed by atoms with Gasteiger partial charge in [0.2, 0.25) is 0 Å². The van der Waals surface area contributed by atoms with Crippen LogP contribution in [-0.2, 0) is 4.74 Å². The summed E-state index contributed by atoms with van der Waals surface area (Å²) < 4.78 is 4.56. The molecule has 1 N–H and O–H groups in total. The number of hydrogen-bond donors (Lipinski definition) is 1. The zero-order valence-corrected chi connectivity index (χ0v) is 10.7. The van der Waals surface area contributed by atoms with Gasteiger partial charge in [0, 0.05) is 13.1 Å². The molecule has 1 saturated heterocycles. The summed E-state index contributed by atoms with van der Waals surface area (Å²) in [4.78, 5) is 21.6. The first-order valence-corrected chi connectivity index (χ1v) is 6.02. The van der Waals surface area contributed by atoms with E-state index in [1.165, 1.54) is 19.7 Å². The topological polar surface area (TPSA) is 67.3 Å². The Morgan fingerprint density at radius 2 is 2.39 bits per heavy atom. The van der Waals surface area contributed by atoms with E-state index in [2.05, 4.69) is 32.0 Å². The van der Waals surface area contributed by atoms with Crippen LogP contribution in [0.15, 0.2) is 12.4 Å². The van der Waals surface area contributed by atoms with E-state index in [1.807, 2.05) is 0 Å². The quantitative estimate of drug-likeness (QED) is 0.790. The van der Waals surface area contributed by atoms with Crippen molar-refractivity contribution >= 4 is 11.8 Å². The van der Waals surface area contributed by atoms with E-state index in [9.17, 15) is 4.79 Å². The van der Waals surface area contributed by atoms with Gasteiger partial charge in [-0.3, -0.25) is 0 Å². The summed E-state index contributed by atoms with van der Waals surface area (Å²) in [7, 11) is 3.46. The number of esters is 1. The first-order valence-electron chi connectivity index (χ1n) is 6.02. The molecular formula is C12H18N4O2. The van der Waals surface area contributed by atoms with E-state index in [0.29, 0.717) is 11.7 Å². The first-order chi connectivity index (χ1) is 8.69. The SMILES string of the molecule is COC(=O)c1cnc(NCC2CCN(C)C2)cn1. The van der Waals surface area contributed by atoms with Crippen molar-refractivity contribution in [1.29, 1.82) is 0 Å². The summed E-state index contributed by atoms with van der Waals surface area (Å²) in [5.74, 6) is 0.876. The summed E-state index contributed by atoms with van der Waals surface area (Å²) in [6.07, 6.45) is 4.19. The van der Waals surface area contributed by atoms with E-state index in [-0.39, 0.29) is 5.69 Å². The summed E-state index contributed by atoms with van der Waals surface area (Å²) >= 11 is 0. The van der Waals surface area contributed by atoms with Crippen LogP contribution in [0, 0.1) is 5.92 Å². The number of nitrogens with zero attached hydrogens (tertiary/aromatic N) is 3. The normalized spacial score (nSPS) is 19.8. The van der Waals surface area contributed by atoms with Gasteiger partial charge in [0.25, 0.3) is 0 Å². The average molecular weight is 250 g/mol. The van der Waals surface area contributed by atoms with Crippen LogP contribution >= 0.6 is 0 Å². The minimum atomic E-state index is -0.466. The molecule has 6 nitrogen and oxygen atoms in total. The second-order valence-corrected chi connectivity index (χ2v) is 4.58. The minimum absolute atomic E-state index is 0.226. The standard InChI is InChI=1S/C12H18N4O2/c1-16-4-3-9(8-16)5-14-11-7-13-10(6-15-11)12(17)18-2/h6-7,9H,3-5,8H2,1-2H3,(H,14,15). The number of rotatable bonds is 4. The van der Waals surface area contributed by atoms with Crippen molar-refractivity contribution in [2.45, 2.75) is 6.42 Å². The van der Waals surface area contributed by atoms with Crippen LogP contribution in [0.4, 0.5) is 5.82 Å². The molecule has 0 aliphatic carbocycles. The lowest BCUT2D eigenvalue weighted by molar-refractivity contribution is 0.0593. The third-order valence-electron chi connectivity index (χ3n) is 3.11. The highest BCUT2D eigenvalue weighted by Gasteiger charge is 2.19. The number of aromatic nitrogens is 2. The van der Waals surface area contributed by atoms with Gasteiger partial charge in [-0.15, -0.1) is 0 Å². The van der Waals surface area contributed by atoms with E-state index in [4.69, 9.17) is 0 Å². The van der Waals surface area contributed by atoms with Gasteiger partial charge < -0.3 is 15.0 Å². The maximum absolute atomic E-state index is 11.2. The molecule has 0 aromatic carbocycles. The Balaban J connectivity index is 1.85. The smallest absolute Gasteiger partial charge is 0.358 e. The predicted molar refractivity (Wildman–Crippen MR) is 67.5 cm³/mol. The molecule has 0 saturated carbocycles. The van der Waals surface area contributed by atoms with Gasteiger partial charge in [-0.2, -0.15) is 0 Å². The van der Waals surface area contributed by atoms with Gasteiger partial charge in [-0.25, -0.2) is 14.8 Å². The summed E-state index contributed by atoms with van der Waals surface area (Å²) in [6, 6.07) is 0. The highest BCUT2D eigenvalue weighted by molar-refractivity contribution is 5.86. The van der Waals surface area contributed by atoms with Crippen LogP contribution in [-0.4, -0.2) is 54.6 Å². The lowest BCUT2D eigenvalue weighted by Crippen LogP contribution is -2.19. The molecule has 1 aromatic rings. The van der Waals surface area contributed by atoms with Gasteiger partial charge in [0.05, 0.1) is 19.5 Å². The number of methoxy groups -OCH3 is 1. The van der Waals surface area contributed by atoms with Crippen LogP contribution in [0.5, 0.6) is 0 Å². The van der Waals surface area contributed by atoms with E-state index >= 15 is 0 Å². The molecule has 1 fully saturated rings. The predicted octanol–water partition coefficient (Wildman–Crippen LogP) is 0.627. The largest absolute Gasteiger partial charge is 0.464 e. The molecular weight excluding hydrogens is 232 g/mol. The fourth-order valence-electron chi connectivity index (χ4n) is 2.07. The second kappa shape index (κ2) is 5.77. The molecule has 98 valence electrons. The fraction of sp³-hybridized carbons (Fsp3) is 0.583. The third kappa shape index (κ3) is 3.16. The van der Waals surface area contributed by atoms with Gasteiger partial charge in [-0.1, -0.05) is 0 Å². The second-order valence-electron chi connectivity index (χ2n) is 4.58. The molecule has 0 amide bonds. The van der Waals surface area contributed by atoms with Crippen LogP contribution in [0.1, 0.15) is 16.9 Å². The molecule has 1 aliphatic heterocycles. The van der Waals surface area contributed by atoms with Crippen LogP contribution in [0.3, 0.4) is 0 Å². The highest BCUT2D eigenvalue weighted by Crippen LogP contribution is 2.14. The molecule has 1 aromatic heterocycles. The van der Waals surface area contributed by atoms with Crippen molar-refractivity contribution in [2.75, 3.05) is 39.1 Å². The molecule has 1 atom stereocenters. The molecule has 18 heavy (non-hydrogen) atoms. The van der Waals surface area contributed by atoms with Crippen LogP contribution < -0.4 is 5.32 Å². The Morgan fingerprint density at radius 3 is 2.94 bits per heavy atom. The molecule has 1 aliphatic rings. The van der Waals surface area contributed by atoms with E-state index in [0.717, 1.165) is 19.6 Å². The number of hydrogen-bond acceptors (Lipinski definition) is 6. The van der Waals surface area contributed by atoms with Crippen molar-refractivity contribution in [3.63, 3.8) is 0 Å². The lowest BCUT2D eigenvalue weighted by atomic mass is 10.1. The van der Waals surface area contributed by atoms with Gasteiger partial charge >= 0.3 is 5.97 Å². The number of carbonyl (C=O) groups is 1. The van der Waals surface area contributed by atoms with Crippen molar-refractivity contribution in [3.8, 4) is 0 Å². The molecule has 0 spiro atoms. The first kappa shape index (κ1) is 12.8. The number of nitrogens with one attached hydrogen (secondary N) is 1. The maximum atomic E-state index is 11.2. The maximum Gasteiger partial charge on any atom is 0.358 e. The van der Waals surface area contributed by atoms with Crippen molar-refractivity contribution < 1.29 is 9.53 Å². The average Bonchev–Trinajstić information content (AvgIpc) is 2.82. The fourth-order valence-corrected chi connectivity index (χ4v) is 2.07. The summed E-state index contributed by atoms with van der Waals surface area (Å²) in [5, 5.41) is 3.24. The van der Waals surface area contributed by atoms with Crippen LogP contribution in [0.25, 0.3) is 0 Å². The lowest BCUT2D eigenvalue weighted by Gasteiger charge is -2.11. The van der Waals surface area contributed by atoms with E-state index in [1.54, 1.807) is 6.20 Å². The Labute approximate surface area is 106 Å². The highest BCUT2D eigenvalue weighted by atomic mass is 16.5. The van der Waals surface area contributed by atoms with Crippen molar-refractivity contribution in [2.24, 2.45) is 5.92 Å². The number of carbonyl (C=O) groups excluding carboxylic acids is 1. The van der Waals surface area contributed by atoms with Crippen molar-refractivity contribution in [3.05, 3.63) is 18.1 Å². The van der Waals surface area contributed by atoms with Gasteiger partial charge in [-0.05, 0) is 25.9 Å². The Morgan fingerprint density at radius 1 is 1.56 bits per heavy atom. The Hall–Kier alpha value is -1.69. The zero-order valence-electron chi connectivity index (χ0n) is 10.7. The monoisotopic (exact) mass is 250 g/mol. The molecule has 0 radical (unpaired) electrons.